The lowest BCUT2D eigenvalue weighted by Crippen LogP contribution is -2.20. The topological polar surface area (TPSA) is 72.2 Å². The van der Waals surface area contributed by atoms with Crippen LogP contribution in [0.2, 0.25) is 0 Å². The van der Waals surface area contributed by atoms with E-state index in [0.29, 0.717) is 11.0 Å². The van der Waals surface area contributed by atoms with Crippen molar-refractivity contribution in [2.45, 2.75) is 5.16 Å². The number of nitrogens with one attached hydrogen (secondary N) is 1. The van der Waals surface area contributed by atoms with Gasteiger partial charge in [0.2, 0.25) is 0 Å². The molecular weight excluding hydrogens is 474 g/mol. The van der Waals surface area contributed by atoms with Gasteiger partial charge in [-0.2, -0.15) is 5.10 Å². The molecule has 1 amide bonds. The van der Waals surface area contributed by atoms with Gasteiger partial charge in [-0.15, -0.1) is 10.2 Å². The molecule has 0 unspecified atom stereocenters. The highest BCUT2D eigenvalue weighted by Gasteiger charge is 2.17. The Bertz CT molecular complexity index is 1180. The van der Waals surface area contributed by atoms with E-state index in [1.54, 1.807) is 6.21 Å². The monoisotopic (exact) mass is 491 g/mol. The average molecular weight is 492 g/mol. The number of benzene rings is 3. The third-order valence-corrected chi connectivity index (χ3v) is 5.74. The van der Waals surface area contributed by atoms with Crippen LogP contribution in [-0.4, -0.2) is 32.6 Å². The second-order valence-electron chi connectivity index (χ2n) is 6.48. The third kappa shape index (κ3) is 5.48. The summed E-state index contributed by atoms with van der Waals surface area (Å²) in [5.74, 6) is 0.659. The normalized spacial score (nSPS) is 11.0. The van der Waals surface area contributed by atoms with Crippen molar-refractivity contribution < 1.29 is 4.79 Å². The quantitative estimate of drug-likeness (QED) is 0.225. The van der Waals surface area contributed by atoms with Crippen molar-refractivity contribution in [1.29, 1.82) is 0 Å². The summed E-state index contributed by atoms with van der Waals surface area (Å²) in [7, 11) is 0. The highest BCUT2D eigenvalue weighted by molar-refractivity contribution is 9.10. The molecule has 3 aromatic carbocycles. The summed E-state index contributed by atoms with van der Waals surface area (Å²) in [6, 6.07) is 27.3. The van der Waals surface area contributed by atoms with Crippen LogP contribution in [0.1, 0.15) is 5.56 Å². The van der Waals surface area contributed by atoms with Crippen molar-refractivity contribution in [3.8, 4) is 17.1 Å². The zero-order chi connectivity index (χ0) is 21.5. The number of carbonyl (C=O) groups excluding carboxylic acids is 1. The minimum Gasteiger partial charge on any atom is -0.272 e. The van der Waals surface area contributed by atoms with Gasteiger partial charge in [0.1, 0.15) is 0 Å². The van der Waals surface area contributed by atoms with E-state index in [1.807, 2.05) is 89.5 Å². The molecule has 154 valence electrons. The second-order valence-corrected chi connectivity index (χ2v) is 8.33. The Kier molecular flexibility index (Phi) is 6.91. The Hall–Kier alpha value is -3.23. The predicted octanol–water partition coefficient (Wildman–Crippen LogP) is 4.94. The van der Waals surface area contributed by atoms with Crippen molar-refractivity contribution in [3.63, 3.8) is 0 Å². The molecule has 0 aliphatic rings. The number of nitrogens with zero attached hydrogens (tertiary/aromatic N) is 4. The molecule has 1 heterocycles. The summed E-state index contributed by atoms with van der Waals surface area (Å²) in [5, 5.41) is 13.4. The first-order chi connectivity index (χ1) is 15.2. The molecule has 0 aliphatic carbocycles. The molecule has 4 aromatic rings. The van der Waals surface area contributed by atoms with Crippen LogP contribution >= 0.6 is 27.7 Å². The number of carbonyl (C=O) groups is 1. The fraction of sp³-hybridized carbons (Fsp3) is 0.0435. The van der Waals surface area contributed by atoms with Gasteiger partial charge in [-0.25, -0.2) is 5.43 Å². The standard InChI is InChI=1S/C23H18BrN5OS/c24-19-11-13-20(14-12-19)29-22(18-9-5-2-6-10-18)27-28-23(29)31-16-21(30)26-25-15-17-7-3-1-4-8-17/h1-15H,16H2,(H,26,30)/b25-15-. The molecule has 0 bridgehead atoms. The van der Waals surface area contributed by atoms with E-state index in [9.17, 15) is 4.79 Å². The first-order valence-electron chi connectivity index (χ1n) is 9.47. The summed E-state index contributed by atoms with van der Waals surface area (Å²) < 4.78 is 2.93. The molecule has 0 aliphatic heterocycles. The van der Waals surface area contributed by atoms with Crippen LogP contribution in [0, 0.1) is 0 Å². The van der Waals surface area contributed by atoms with Gasteiger partial charge in [0, 0.05) is 15.7 Å². The maximum Gasteiger partial charge on any atom is 0.250 e. The van der Waals surface area contributed by atoms with Crippen molar-refractivity contribution in [2.24, 2.45) is 5.10 Å². The molecule has 1 aromatic heterocycles. The lowest BCUT2D eigenvalue weighted by molar-refractivity contribution is -0.118. The van der Waals surface area contributed by atoms with Crippen LogP contribution in [0.25, 0.3) is 17.1 Å². The Labute approximate surface area is 192 Å². The second kappa shape index (κ2) is 10.2. The molecule has 0 saturated heterocycles. The number of rotatable bonds is 7. The average Bonchev–Trinajstić information content (AvgIpc) is 3.23. The van der Waals surface area contributed by atoms with Crippen molar-refractivity contribution in [1.82, 2.24) is 20.2 Å². The van der Waals surface area contributed by atoms with Gasteiger partial charge in [0.05, 0.1) is 12.0 Å². The highest BCUT2D eigenvalue weighted by atomic mass is 79.9. The SMILES string of the molecule is O=C(CSc1nnc(-c2ccccc2)n1-c1ccc(Br)cc1)N/N=C\c1ccccc1. The third-order valence-electron chi connectivity index (χ3n) is 4.28. The van der Waals surface area contributed by atoms with Gasteiger partial charge < -0.3 is 0 Å². The Balaban J connectivity index is 1.51. The van der Waals surface area contributed by atoms with Gasteiger partial charge in [0.25, 0.3) is 5.91 Å². The lowest BCUT2D eigenvalue weighted by atomic mass is 10.2. The minimum absolute atomic E-state index is 0.162. The largest absolute Gasteiger partial charge is 0.272 e. The zero-order valence-corrected chi connectivity index (χ0v) is 18.8. The molecule has 0 saturated carbocycles. The van der Waals surface area contributed by atoms with E-state index in [2.05, 4.69) is 36.7 Å². The van der Waals surface area contributed by atoms with Crippen LogP contribution in [0.3, 0.4) is 0 Å². The lowest BCUT2D eigenvalue weighted by Gasteiger charge is -2.10. The molecule has 31 heavy (non-hydrogen) atoms. The maximum absolute atomic E-state index is 12.3. The molecule has 0 radical (unpaired) electrons. The van der Waals surface area contributed by atoms with Crippen LogP contribution < -0.4 is 5.43 Å². The van der Waals surface area contributed by atoms with Gasteiger partial charge in [0.15, 0.2) is 11.0 Å². The molecular formula is C23H18BrN5OS. The van der Waals surface area contributed by atoms with E-state index >= 15 is 0 Å². The summed E-state index contributed by atoms with van der Waals surface area (Å²) in [6.45, 7) is 0. The number of hydrogen-bond acceptors (Lipinski definition) is 5. The number of aromatic nitrogens is 3. The fourth-order valence-corrected chi connectivity index (χ4v) is 3.85. The number of halogens is 1. The van der Waals surface area contributed by atoms with E-state index in [0.717, 1.165) is 21.3 Å². The predicted molar refractivity (Wildman–Crippen MR) is 127 cm³/mol. The van der Waals surface area contributed by atoms with Crippen molar-refractivity contribution in [3.05, 3.63) is 95.0 Å². The van der Waals surface area contributed by atoms with Gasteiger partial charge in [-0.05, 0) is 29.8 Å². The maximum atomic E-state index is 12.3. The number of thioether (sulfide) groups is 1. The zero-order valence-electron chi connectivity index (χ0n) is 16.4. The van der Waals surface area contributed by atoms with Gasteiger partial charge in [-0.3, -0.25) is 9.36 Å². The van der Waals surface area contributed by atoms with Gasteiger partial charge in [-0.1, -0.05) is 88.4 Å². The van der Waals surface area contributed by atoms with Crippen LogP contribution in [0.4, 0.5) is 0 Å². The van der Waals surface area contributed by atoms with Crippen LogP contribution in [0.5, 0.6) is 0 Å². The number of amides is 1. The molecule has 4 rings (SSSR count). The molecule has 0 atom stereocenters. The Morgan fingerprint density at radius 1 is 0.968 bits per heavy atom. The van der Waals surface area contributed by atoms with Crippen LogP contribution in [0.15, 0.2) is 99.7 Å². The molecule has 0 spiro atoms. The van der Waals surface area contributed by atoms with E-state index < -0.39 is 0 Å². The number of hydrazone groups is 1. The van der Waals surface area contributed by atoms with E-state index in [1.165, 1.54) is 11.8 Å². The molecule has 1 N–H and O–H groups in total. The van der Waals surface area contributed by atoms with Crippen molar-refractivity contribution in [2.75, 3.05) is 5.75 Å². The van der Waals surface area contributed by atoms with E-state index in [4.69, 9.17) is 0 Å². The first-order valence-corrected chi connectivity index (χ1v) is 11.2. The van der Waals surface area contributed by atoms with Crippen LogP contribution in [-0.2, 0) is 4.79 Å². The summed E-state index contributed by atoms with van der Waals surface area (Å²) in [5.41, 5.74) is 5.33. The molecule has 6 nitrogen and oxygen atoms in total. The first kappa shape index (κ1) is 21.0. The van der Waals surface area contributed by atoms with E-state index in [-0.39, 0.29) is 11.7 Å². The number of hydrogen-bond donors (Lipinski definition) is 1. The smallest absolute Gasteiger partial charge is 0.250 e. The Morgan fingerprint density at radius 3 is 2.35 bits per heavy atom. The molecule has 8 heteroatoms. The molecule has 0 fully saturated rings. The van der Waals surface area contributed by atoms with Gasteiger partial charge >= 0.3 is 0 Å². The fourth-order valence-electron chi connectivity index (χ4n) is 2.84. The van der Waals surface area contributed by atoms with Crippen molar-refractivity contribution >= 4 is 39.8 Å². The highest BCUT2D eigenvalue weighted by Crippen LogP contribution is 2.28. The Morgan fingerprint density at radius 2 is 1.65 bits per heavy atom. The summed E-state index contributed by atoms with van der Waals surface area (Å²) in [4.78, 5) is 12.3. The summed E-state index contributed by atoms with van der Waals surface area (Å²) in [6.07, 6.45) is 1.61. The minimum atomic E-state index is -0.219. The summed E-state index contributed by atoms with van der Waals surface area (Å²) >= 11 is 4.78.